The molecule has 1 amide bonds. The average molecular weight is 471 g/mol. The number of sulfonamides is 1. The number of hydrogen-bond donors (Lipinski definition) is 3. The Morgan fingerprint density at radius 1 is 1.15 bits per heavy atom. The van der Waals surface area contributed by atoms with Gasteiger partial charge in [-0.1, -0.05) is 20.8 Å². The van der Waals surface area contributed by atoms with Gasteiger partial charge < -0.3 is 15.0 Å². The monoisotopic (exact) mass is 470 g/mol. The van der Waals surface area contributed by atoms with Crippen molar-refractivity contribution in [3.8, 4) is 16.9 Å². The van der Waals surface area contributed by atoms with Crippen molar-refractivity contribution >= 4 is 27.3 Å². The van der Waals surface area contributed by atoms with Gasteiger partial charge in [0.25, 0.3) is 11.5 Å². The molecule has 2 heterocycles. The van der Waals surface area contributed by atoms with Crippen molar-refractivity contribution in [2.75, 3.05) is 23.4 Å². The topological polar surface area (TPSA) is 130 Å². The second-order valence-electron chi connectivity index (χ2n) is 8.53. The normalized spacial score (nSPS) is 11.7. The molecular weight excluding hydrogens is 444 g/mol. The number of carbonyl (C=O) groups is 1. The molecule has 0 aliphatic heterocycles. The highest BCUT2D eigenvalue weighted by atomic mass is 32.2. The number of nitrogens with one attached hydrogen (secondary N) is 3. The molecule has 33 heavy (non-hydrogen) atoms. The second kappa shape index (κ2) is 9.07. The van der Waals surface area contributed by atoms with Crippen molar-refractivity contribution in [1.82, 2.24) is 9.97 Å². The van der Waals surface area contributed by atoms with Gasteiger partial charge in [-0.25, -0.2) is 13.4 Å². The summed E-state index contributed by atoms with van der Waals surface area (Å²) >= 11 is 0. The first-order valence-corrected chi connectivity index (χ1v) is 11.9. The van der Waals surface area contributed by atoms with Crippen molar-refractivity contribution in [3.63, 3.8) is 0 Å². The van der Waals surface area contributed by atoms with Crippen LogP contribution in [0, 0.1) is 0 Å². The Kier molecular flexibility index (Phi) is 6.59. The molecule has 0 bridgehead atoms. The molecule has 0 radical (unpaired) electrons. The summed E-state index contributed by atoms with van der Waals surface area (Å²) < 4.78 is 30.7. The molecule has 0 aliphatic carbocycles. The zero-order valence-corrected chi connectivity index (χ0v) is 19.8. The van der Waals surface area contributed by atoms with Gasteiger partial charge in [0.05, 0.1) is 30.9 Å². The predicted molar refractivity (Wildman–Crippen MR) is 128 cm³/mol. The van der Waals surface area contributed by atoms with Crippen LogP contribution in [0.5, 0.6) is 5.75 Å². The maximum atomic E-state index is 12.9. The van der Waals surface area contributed by atoms with Crippen molar-refractivity contribution in [3.05, 3.63) is 70.4 Å². The molecular formula is C23H26N4O5S. The summed E-state index contributed by atoms with van der Waals surface area (Å²) in [5.41, 5.74) is 1.99. The van der Waals surface area contributed by atoms with Crippen LogP contribution in [0.4, 0.5) is 11.4 Å². The lowest BCUT2D eigenvalue weighted by atomic mass is 9.84. The number of nitrogens with zero attached hydrogens (tertiary/aromatic N) is 1. The Bertz CT molecular complexity index is 1340. The van der Waals surface area contributed by atoms with Crippen LogP contribution in [-0.2, 0) is 15.4 Å². The molecule has 10 heteroatoms. The van der Waals surface area contributed by atoms with Gasteiger partial charge in [0.1, 0.15) is 11.4 Å². The number of benzene rings is 1. The summed E-state index contributed by atoms with van der Waals surface area (Å²) in [5, 5.41) is 2.81. The fourth-order valence-electron chi connectivity index (χ4n) is 3.29. The molecule has 0 unspecified atom stereocenters. The van der Waals surface area contributed by atoms with Crippen molar-refractivity contribution in [2.45, 2.75) is 26.2 Å². The quantitative estimate of drug-likeness (QED) is 0.506. The highest BCUT2D eigenvalue weighted by Gasteiger charge is 2.24. The minimum atomic E-state index is -3.46. The van der Waals surface area contributed by atoms with E-state index >= 15 is 0 Å². The van der Waals surface area contributed by atoms with E-state index in [9.17, 15) is 18.0 Å². The third kappa shape index (κ3) is 5.78. The number of aromatic amines is 1. The van der Waals surface area contributed by atoms with E-state index in [2.05, 4.69) is 20.0 Å². The summed E-state index contributed by atoms with van der Waals surface area (Å²) in [7, 11) is -1.94. The number of methoxy groups -OCH3 is 1. The lowest BCUT2D eigenvalue weighted by Crippen LogP contribution is -2.19. The lowest BCUT2D eigenvalue weighted by molar-refractivity contribution is 0.102. The highest BCUT2D eigenvalue weighted by molar-refractivity contribution is 7.92. The number of anilines is 2. The van der Waals surface area contributed by atoms with E-state index in [-0.39, 0.29) is 22.4 Å². The van der Waals surface area contributed by atoms with E-state index in [1.807, 2.05) is 26.8 Å². The number of pyridine rings is 2. The molecule has 3 aromatic rings. The summed E-state index contributed by atoms with van der Waals surface area (Å²) in [6, 6.07) is 9.84. The van der Waals surface area contributed by atoms with Gasteiger partial charge >= 0.3 is 0 Å². The highest BCUT2D eigenvalue weighted by Crippen LogP contribution is 2.40. The van der Waals surface area contributed by atoms with E-state index in [0.717, 1.165) is 11.8 Å². The molecule has 1 aromatic carbocycles. The molecule has 0 saturated heterocycles. The van der Waals surface area contributed by atoms with Crippen LogP contribution in [0.2, 0.25) is 0 Å². The number of rotatable bonds is 6. The molecule has 3 N–H and O–H groups in total. The number of aromatic nitrogens is 2. The van der Waals surface area contributed by atoms with Crippen molar-refractivity contribution < 1.29 is 17.9 Å². The maximum absolute atomic E-state index is 12.9. The molecule has 0 aliphatic rings. The predicted octanol–water partition coefficient (Wildman–Crippen LogP) is 3.37. The SMILES string of the molecule is COc1c(NC(=O)c2ccc(NS(C)(=O)=O)cn2)cc(-c2ccc[nH]c2=O)cc1C(C)(C)C. The van der Waals surface area contributed by atoms with E-state index in [0.29, 0.717) is 22.6 Å². The smallest absolute Gasteiger partial charge is 0.274 e. The van der Waals surface area contributed by atoms with Gasteiger partial charge in [0, 0.05) is 17.3 Å². The van der Waals surface area contributed by atoms with Crippen LogP contribution in [0.1, 0.15) is 36.8 Å². The Morgan fingerprint density at radius 3 is 2.42 bits per heavy atom. The molecule has 2 aromatic heterocycles. The Labute approximate surface area is 192 Å². The maximum Gasteiger partial charge on any atom is 0.274 e. The fourth-order valence-corrected chi connectivity index (χ4v) is 3.84. The molecule has 9 nitrogen and oxygen atoms in total. The van der Waals surface area contributed by atoms with Gasteiger partial charge in [0.15, 0.2) is 0 Å². The average Bonchev–Trinajstić information content (AvgIpc) is 2.72. The van der Waals surface area contributed by atoms with Crippen LogP contribution < -0.4 is 20.3 Å². The minimum absolute atomic E-state index is 0.0800. The largest absolute Gasteiger partial charge is 0.494 e. The summed E-state index contributed by atoms with van der Waals surface area (Å²) in [5.74, 6) is -0.0412. The first-order chi connectivity index (χ1) is 15.4. The van der Waals surface area contributed by atoms with Crippen LogP contribution in [-0.4, -0.2) is 37.7 Å². The van der Waals surface area contributed by atoms with Crippen LogP contribution >= 0.6 is 0 Å². The molecule has 174 valence electrons. The zero-order chi connectivity index (χ0) is 24.4. The molecule has 0 atom stereocenters. The first-order valence-electron chi connectivity index (χ1n) is 10.0. The molecule has 3 rings (SSSR count). The third-order valence-electron chi connectivity index (χ3n) is 4.78. The number of H-pyrrole nitrogens is 1. The van der Waals surface area contributed by atoms with E-state index in [4.69, 9.17) is 4.74 Å². The molecule has 0 fully saturated rings. The third-order valence-corrected chi connectivity index (χ3v) is 5.38. The van der Waals surface area contributed by atoms with E-state index < -0.39 is 15.9 Å². The van der Waals surface area contributed by atoms with Crippen LogP contribution in [0.15, 0.2) is 53.6 Å². The standard InChI is InChI=1S/C23H26N4O5S/c1-23(2,3)17-11-14(16-7-6-10-24-21(16)28)12-19(20(17)32-4)26-22(29)18-9-8-15(13-25-18)27-33(5,30)31/h6-13,27H,1-5H3,(H,24,28)(H,26,29). The second-order valence-corrected chi connectivity index (χ2v) is 10.3. The fraction of sp³-hybridized carbons (Fsp3) is 0.261. The van der Waals surface area contributed by atoms with Gasteiger partial charge in [-0.3, -0.25) is 14.3 Å². The minimum Gasteiger partial charge on any atom is -0.494 e. The number of ether oxygens (including phenoxy) is 1. The number of carbonyl (C=O) groups excluding carboxylic acids is 1. The van der Waals surface area contributed by atoms with Gasteiger partial charge in [-0.05, 0) is 47.4 Å². The number of amides is 1. The van der Waals surface area contributed by atoms with Gasteiger partial charge in [-0.2, -0.15) is 0 Å². The lowest BCUT2D eigenvalue weighted by Gasteiger charge is -2.25. The van der Waals surface area contributed by atoms with E-state index in [1.54, 1.807) is 24.4 Å². The van der Waals surface area contributed by atoms with Gasteiger partial charge in [0.2, 0.25) is 10.0 Å². The van der Waals surface area contributed by atoms with Crippen molar-refractivity contribution in [2.24, 2.45) is 0 Å². The number of hydrogen-bond acceptors (Lipinski definition) is 6. The molecule has 0 spiro atoms. The Morgan fingerprint density at radius 2 is 1.88 bits per heavy atom. The Balaban J connectivity index is 2.04. The Hall–Kier alpha value is -3.66. The van der Waals surface area contributed by atoms with Gasteiger partial charge in [-0.15, -0.1) is 0 Å². The summed E-state index contributed by atoms with van der Waals surface area (Å²) in [6.07, 6.45) is 3.84. The summed E-state index contributed by atoms with van der Waals surface area (Å²) in [4.78, 5) is 32.0. The van der Waals surface area contributed by atoms with E-state index in [1.165, 1.54) is 25.4 Å². The summed E-state index contributed by atoms with van der Waals surface area (Å²) in [6.45, 7) is 6.01. The van der Waals surface area contributed by atoms with Crippen LogP contribution in [0.3, 0.4) is 0 Å². The van der Waals surface area contributed by atoms with Crippen LogP contribution in [0.25, 0.3) is 11.1 Å². The molecule has 0 saturated carbocycles. The van der Waals surface area contributed by atoms with Crippen molar-refractivity contribution in [1.29, 1.82) is 0 Å². The first kappa shape index (κ1) is 24.0. The zero-order valence-electron chi connectivity index (χ0n) is 19.0.